The third-order valence-electron chi connectivity index (χ3n) is 4.34. The maximum absolute atomic E-state index is 13.1. The Hall–Kier alpha value is -1.39. The molecule has 1 amide bonds. The number of hydrogen-bond donors (Lipinski definition) is 2. The number of nitrogens with zero attached hydrogens (tertiary/aromatic N) is 2. The van der Waals surface area contributed by atoms with Gasteiger partial charge in [-0.2, -0.15) is 0 Å². The summed E-state index contributed by atoms with van der Waals surface area (Å²) in [4.78, 5) is 19.2. The van der Waals surface area contributed by atoms with Crippen LogP contribution in [0.4, 0.5) is 0 Å². The SMILES string of the molecule is CN=C(NCCCOC)NCC(C(=O)N1CCOCC1)c1ccccc1.I. The van der Waals surface area contributed by atoms with Crippen LogP contribution in [0.2, 0.25) is 0 Å². The lowest BCUT2D eigenvalue weighted by Crippen LogP contribution is -2.47. The molecule has 0 saturated carbocycles. The largest absolute Gasteiger partial charge is 0.385 e. The van der Waals surface area contributed by atoms with Crippen LogP contribution in [-0.2, 0) is 14.3 Å². The monoisotopic (exact) mass is 490 g/mol. The Balaban J connectivity index is 0.00000364. The van der Waals surface area contributed by atoms with Crippen molar-refractivity contribution in [3.8, 4) is 0 Å². The number of benzene rings is 1. The molecule has 1 aromatic rings. The number of methoxy groups -OCH3 is 1. The molecule has 2 N–H and O–H groups in total. The molecular formula is C19H31IN4O3. The summed E-state index contributed by atoms with van der Waals surface area (Å²) in [6.07, 6.45) is 0.895. The summed E-state index contributed by atoms with van der Waals surface area (Å²) in [5.74, 6) is 0.561. The fourth-order valence-electron chi connectivity index (χ4n) is 2.88. The smallest absolute Gasteiger partial charge is 0.232 e. The first-order valence-electron chi connectivity index (χ1n) is 9.11. The molecule has 1 fully saturated rings. The van der Waals surface area contributed by atoms with Crippen LogP contribution in [0.15, 0.2) is 35.3 Å². The second-order valence-electron chi connectivity index (χ2n) is 6.13. The summed E-state index contributed by atoms with van der Waals surface area (Å²) in [5.41, 5.74) is 1.01. The second kappa shape index (κ2) is 13.7. The minimum atomic E-state index is -0.258. The molecular weight excluding hydrogens is 459 g/mol. The predicted molar refractivity (Wildman–Crippen MR) is 118 cm³/mol. The zero-order chi connectivity index (χ0) is 18.6. The van der Waals surface area contributed by atoms with Gasteiger partial charge in [0.1, 0.15) is 0 Å². The van der Waals surface area contributed by atoms with E-state index in [1.165, 1.54) is 0 Å². The molecule has 0 aromatic heterocycles. The van der Waals surface area contributed by atoms with Gasteiger partial charge in [0.25, 0.3) is 0 Å². The van der Waals surface area contributed by atoms with Crippen molar-refractivity contribution < 1.29 is 14.3 Å². The van der Waals surface area contributed by atoms with Crippen molar-refractivity contribution in [1.29, 1.82) is 0 Å². The Morgan fingerprint density at radius 2 is 1.96 bits per heavy atom. The highest BCUT2D eigenvalue weighted by Gasteiger charge is 2.27. The number of hydrogen-bond acceptors (Lipinski definition) is 4. The van der Waals surface area contributed by atoms with Crippen LogP contribution in [0, 0.1) is 0 Å². The van der Waals surface area contributed by atoms with Crippen molar-refractivity contribution in [2.75, 3.05) is 60.2 Å². The van der Waals surface area contributed by atoms with Gasteiger partial charge in [0.05, 0.1) is 19.1 Å². The van der Waals surface area contributed by atoms with E-state index in [4.69, 9.17) is 9.47 Å². The van der Waals surface area contributed by atoms with Gasteiger partial charge in [-0.3, -0.25) is 9.79 Å². The molecule has 1 atom stereocenters. The minimum absolute atomic E-state index is 0. The third kappa shape index (κ3) is 8.02. The molecule has 0 spiro atoms. The van der Waals surface area contributed by atoms with Gasteiger partial charge in [-0.1, -0.05) is 30.3 Å². The number of carbonyl (C=O) groups excluding carboxylic acids is 1. The van der Waals surface area contributed by atoms with Crippen molar-refractivity contribution in [3.63, 3.8) is 0 Å². The van der Waals surface area contributed by atoms with E-state index in [9.17, 15) is 4.79 Å². The van der Waals surface area contributed by atoms with Gasteiger partial charge < -0.3 is 25.0 Å². The van der Waals surface area contributed by atoms with Crippen LogP contribution < -0.4 is 10.6 Å². The summed E-state index contributed by atoms with van der Waals surface area (Å²) < 4.78 is 10.4. The maximum Gasteiger partial charge on any atom is 0.232 e. The van der Waals surface area contributed by atoms with E-state index in [0.29, 0.717) is 45.4 Å². The molecule has 1 aliphatic rings. The maximum atomic E-state index is 13.1. The van der Waals surface area contributed by atoms with Crippen molar-refractivity contribution in [1.82, 2.24) is 15.5 Å². The molecule has 0 bridgehead atoms. The van der Waals surface area contributed by atoms with Crippen molar-refractivity contribution >= 4 is 35.8 Å². The van der Waals surface area contributed by atoms with Gasteiger partial charge in [0, 0.05) is 46.9 Å². The zero-order valence-electron chi connectivity index (χ0n) is 16.1. The van der Waals surface area contributed by atoms with E-state index in [1.54, 1.807) is 14.2 Å². The number of guanidine groups is 1. The van der Waals surface area contributed by atoms with Crippen LogP contribution >= 0.6 is 24.0 Å². The third-order valence-corrected chi connectivity index (χ3v) is 4.34. The normalized spacial score (nSPS) is 15.6. The van der Waals surface area contributed by atoms with Gasteiger partial charge in [-0.05, 0) is 12.0 Å². The summed E-state index contributed by atoms with van der Waals surface area (Å²) in [6.45, 7) is 4.45. The Labute approximate surface area is 178 Å². The van der Waals surface area contributed by atoms with E-state index in [0.717, 1.165) is 18.5 Å². The molecule has 1 unspecified atom stereocenters. The van der Waals surface area contributed by atoms with E-state index < -0.39 is 0 Å². The fraction of sp³-hybridized carbons (Fsp3) is 0.579. The predicted octanol–water partition coefficient (Wildman–Crippen LogP) is 1.45. The first-order valence-corrected chi connectivity index (χ1v) is 9.11. The lowest BCUT2D eigenvalue weighted by molar-refractivity contribution is -0.136. The summed E-state index contributed by atoms with van der Waals surface area (Å²) in [5, 5.41) is 6.53. The first kappa shape index (κ1) is 23.6. The number of rotatable bonds is 8. The first-order chi connectivity index (χ1) is 12.8. The van der Waals surface area contributed by atoms with E-state index in [-0.39, 0.29) is 35.8 Å². The average molecular weight is 490 g/mol. The molecule has 2 rings (SSSR count). The topological polar surface area (TPSA) is 75.2 Å². The molecule has 1 aromatic carbocycles. The Morgan fingerprint density at radius 3 is 2.59 bits per heavy atom. The number of aliphatic imine (C=N–C) groups is 1. The average Bonchev–Trinajstić information content (AvgIpc) is 2.71. The lowest BCUT2D eigenvalue weighted by Gasteiger charge is -2.31. The summed E-state index contributed by atoms with van der Waals surface area (Å²) in [6, 6.07) is 9.89. The van der Waals surface area contributed by atoms with E-state index >= 15 is 0 Å². The molecule has 8 heteroatoms. The van der Waals surface area contributed by atoms with Gasteiger partial charge in [-0.15, -0.1) is 24.0 Å². The van der Waals surface area contributed by atoms with Gasteiger partial charge in [0.2, 0.25) is 5.91 Å². The molecule has 7 nitrogen and oxygen atoms in total. The number of morpholine rings is 1. The quantitative estimate of drug-likeness (QED) is 0.250. The Morgan fingerprint density at radius 1 is 1.26 bits per heavy atom. The van der Waals surface area contributed by atoms with Crippen LogP contribution in [-0.4, -0.2) is 76.9 Å². The van der Waals surface area contributed by atoms with Crippen molar-refractivity contribution in [2.24, 2.45) is 4.99 Å². The van der Waals surface area contributed by atoms with Crippen molar-refractivity contribution in [3.05, 3.63) is 35.9 Å². The van der Waals surface area contributed by atoms with Crippen LogP contribution in [0.1, 0.15) is 17.9 Å². The highest BCUT2D eigenvalue weighted by Crippen LogP contribution is 2.18. The van der Waals surface area contributed by atoms with Gasteiger partial charge >= 0.3 is 0 Å². The van der Waals surface area contributed by atoms with E-state index in [1.807, 2.05) is 35.2 Å². The Bertz CT molecular complexity index is 565. The number of halogens is 1. The highest BCUT2D eigenvalue weighted by atomic mass is 127. The lowest BCUT2D eigenvalue weighted by atomic mass is 9.97. The number of carbonyl (C=O) groups is 1. The molecule has 1 aliphatic heterocycles. The molecule has 152 valence electrons. The number of ether oxygens (including phenoxy) is 2. The van der Waals surface area contributed by atoms with Crippen LogP contribution in [0.25, 0.3) is 0 Å². The number of amides is 1. The van der Waals surface area contributed by atoms with Crippen LogP contribution in [0.5, 0.6) is 0 Å². The summed E-state index contributed by atoms with van der Waals surface area (Å²) in [7, 11) is 3.42. The fourth-order valence-corrected chi connectivity index (χ4v) is 2.88. The van der Waals surface area contributed by atoms with Crippen LogP contribution in [0.3, 0.4) is 0 Å². The highest BCUT2D eigenvalue weighted by molar-refractivity contribution is 14.0. The standard InChI is InChI=1S/C19H30N4O3.HI/c1-20-19(21-9-6-12-25-2)22-15-17(16-7-4-3-5-8-16)18(24)23-10-13-26-14-11-23;/h3-5,7-8,17H,6,9-15H2,1-2H3,(H2,20,21,22);1H. The summed E-state index contributed by atoms with van der Waals surface area (Å²) >= 11 is 0. The molecule has 1 saturated heterocycles. The molecule has 0 aliphatic carbocycles. The number of nitrogens with one attached hydrogen (secondary N) is 2. The zero-order valence-corrected chi connectivity index (χ0v) is 18.5. The second-order valence-corrected chi connectivity index (χ2v) is 6.13. The van der Waals surface area contributed by atoms with Gasteiger partial charge in [0.15, 0.2) is 5.96 Å². The van der Waals surface area contributed by atoms with E-state index in [2.05, 4.69) is 15.6 Å². The molecule has 0 radical (unpaired) electrons. The van der Waals surface area contributed by atoms with Crippen molar-refractivity contribution in [2.45, 2.75) is 12.3 Å². The van der Waals surface area contributed by atoms with Gasteiger partial charge in [-0.25, -0.2) is 0 Å². The molecule has 1 heterocycles. The Kier molecular flexibility index (Phi) is 12.0. The minimum Gasteiger partial charge on any atom is -0.385 e. The molecule has 27 heavy (non-hydrogen) atoms.